The minimum Gasteiger partial charge on any atom is -0.207 e. The van der Waals surface area contributed by atoms with Crippen molar-refractivity contribution in [3.63, 3.8) is 0 Å². The zero-order valence-electron chi connectivity index (χ0n) is 9.22. The van der Waals surface area contributed by atoms with Gasteiger partial charge in [0.15, 0.2) is 0 Å². The first-order valence-corrected chi connectivity index (χ1v) is 5.48. The van der Waals surface area contributed by atoms with Gasteiger partial charge in [0.05, 0.1) is 0 Å². The predicted octanol–water partition coefficient (Wildman–Crippen LogP) is 4.76. The lowest BCUT2D eigenvalue weighted by molar-refractivity contribution is 0.619. The summed E-state index contributed by atoms with van der Waals surface area (Å²) in [6.45, 7) is 3.70. The average Bonchev–Trinajstić information content (AvgIpc) is 2.26. The van der Waals surface area contributed by atoms with Crippen LogP contribution in [-0.4, -0.2) is 0 Å². The van der Waals surface area contributed by atoms with Gasteiger partial charge in [-0.1, -0.05) is 35.9 Å². The summed E-state index contributed by atoms with van der Waals surface area (Å²) >= 11 is 6.04. The van der Waals surface area contributed by atoms with Crippen molar-refractivity contribution in [1.29, 1.82) is 0 Å². The highest BCUT2D eigenvalue weighted by Crippen LogP contribution is 2.26. The summed E-state index contributed by atoms with van der Waals surface area (Å²) in [5.41, 5.74) is 3.47. The smallest absolute Gasteiger partial charge is 0.126 e. The van der Waals surface area contributed by atoms with Crippen molar-refractivity contribution in [2.45, 2.75) is 13.8 Å². The minimum atomic E-state index is -0.186. The molecule has 2 aromatic carbocycles. The van der Waals surface area contributed by atoms with Gasteiger partial charge in [0.25, 0.3) is 0 Å². The monoisotopic (exact) mass is 234 g/mol. The first kappa shape index (κ1) is 11.2. The molecule has 82 valence electrons. The highest BCUT2D eigenvalue weighted by atomic mass is 35.5. The zero-order chi connectivity index (χ0) is 11.7. The van der Waals surface area contributed by atoms with Crippen LogP contribution in [0.3, 0.4) is 0 Å². The molecule has 0 bridgehead atoms. The minimum absolute atomic E-state index is 0.186. The molecule has 2 rings (SSSR count). The molecule has 0 N–H and O–H groups in total. The Hall–Kier alpha value is -1.34. The van der Waals surface area contributed by atoms with E-state index in [4.69, 9.17) is 11.6 Å². The summed E-state index contributed by atoms with van der Waals surface area (Å²) in [7, 11) is 0. The van der Waals surface area contributed by atoms with Gasteiger partial charge in [-0.2, -0.15) is 0 Å². The van der Waals surface area contributed by atoms with Gasteiger partial charge >= 0.3 is 0 Å². The van der Waals surface area contributed by atoms with E-state index in [1.165, 1.54) is 6.07 Å². The molecule has 16 heavy (non-hydrogen) atoms. The fraction of sp³-hybridized carbons (Fsp3) is 0.143. The van der Waals surface area contributed by atoms with Crippen LogP contribution in [0, 0.1) is 19.7 Å². The second-order valence-electron chi connectivity index (χ2n) is 3.93. The van der Waals surface area contributed by atoms with Gasteiger partial charge in [-0.15, -0.1) is 0 Å². The quantitative estimate of drug-likeness (QED) is 0.667. The van der Waals surface area contributed by atoms with Crippen molar-refractivity contribution in [2.75, 3.05) is 0 Å². The lowest BCUT2D eigenvalue weighted by Crippen LogP contribution is -1.85. The van der Waals surface area contributed by atoms with Gasteiger partial charge in [0.1, 0.15) is 5.82 Å². The molecular weight excluding hydrogens is 223 g/mol. The van der Waals surface area contributed by atoms with Crippen LogP contribution in [0.15, 0.2) is 36.4 Å². The lowest BCUT2D eigenvalue weighted by atomic mass is 10.0. The van der Waals surface area contributed by atoms with Crippen molar-refractivity contribution in [3.05, 3.63) is 58.4 Å². The van der Waals surface area contributed by atoms with E-state index in [0.717, 1.165) is 16.7 Å². The Morgan fingerprint density at radius 1 is 0.875 bits per heavy atom. The number of hydrogen-bond donors (Lipinski definition) is 0. The normalized spacial score (nSPS) is 10.5. The Bertz CT molecular complexity index is 483. The van der Waals surface area contributed by atoms with Crippen LogP contribution in [-0.2, 0) is 0 Å². The van der Waals surface area contributed by atoms with Gasteiger partial charge in [0, 0.05) is 5.02 Å². The summed E-state index contributed by atoms with van der Waals surface area (Å²) in [5.74, 6) is -0.186. The van der Waals surface area contributed by atoms with Crippen LogP contribution < -0.4 is 0 Å². The maximum absolute atomic E-state index is 13.4. The Balaban J connectivity index is 2.50. The third kappa shape index (κ3) is 2.10. The largest absolute Gasteiger partial charge is 0.207 e. The number of hydrogen-bond acceptors (Lipinski definition) is 0. The zero-order valence-corrected chi connectivity index (χ0v) is 9.98. The molecule has 0 aliphatic rings. The number of halogens is 2. The Morgan fingerprint density at radius 3 is 2.00 bits per heavy atom. The van der Waals surface area contributed by atoms with E-state index in [-0.39, 0.29) is 5.82 Å². The van der Waals surface area contributed by atoms with E-state index in [1.807, 2.05) is 31.2 Å². The van der Waals surface area contributed by atoms with E-state index < -0.39 is 0 Å². The summed E-state index contributed by atoms with van der Waals surface area (Å²) in [6.07, 6.45) is 0. The third-order valence-electron chi connectivity index (χ3n) is 2.68. The van der Waals surface area contributed by atoms with Crippen molar-refractivity contribution < 1.29 is 4.39 Å². The van der Waals surface area contributed by atoms with Gasteiger partial charge in [-0.3, -0.25) is 0 Å². The highest BCUT2D eigenvalue weighted by Gasteiger charge is 2.03. The maximum atomic E-state index is 13.4. The molecule has 0 saturated heterocycles. The molecule has 0 aromatic heterocycles. The molecule has 2 heteroatoms. The van der Waals surface area contributed by atoms with E-state index >= 15 is 0 Å². The van der Waals surface area contributed by atoms with Gasteiger partial charge in [-0.25, -0.2) is 4.39 Å². The standard InChI is InChI=1S/C14H12ClF/c1-9-3-5-11(7-13(9)15)12-6-4-10(2)14(16)8-12/h3-8H,1-2H3. The van der Waals surface area contributed by atoms with E-state index in [2.05, 4.69) is 0 Å². The Morgan fingerprint density at radius 2 is 1.44 bits per heavy atom. The molecule has 0 heterocycles. The van der Waals surface area contributed by atoms with E-state index in [1.54, 1.807) is 13.0 Å². The van der Waals surface area contributed by atoms with Crippen molar-refractivity contribution >= 4 is 11.6 Å². The first-order chi connectivity index (χ1) is 7.58. The summed E-state index contributed by atoms with van der Waals surface area (Å²) < 4.78 is 13.4. The van der Waals surface area contributed by atoms with Gasteiger partial charge < -0.3 is 0 Å². The molecule has 0 saturated carbocycles. The molecule has 0 spiro atoms. The average molecular weight is 235 g/mol. The molecule has 0 aliphatic heterocycles. The summed E-state index contributed by atoms with van der Waals surface area (Å²) in [5, 5.41) is 0.707. The van der Waals surface area contributed by atoms with Crippen LogP contribution in [0.2, 0.25) is 5.02 Å². The van der Waals surface area contributed by atoms with Crippen LogP contribution in [0.25, 0.3) is 11.1 Å². The van der Waals surface area contributed by atoms with Crippen LogP contribution in [0.5, 0.6) is 0 Å². The second kappa shape index (κ2) is 4.26. The summed E-state index contributed by atoms with van der Waals surface area (Å²) in [4.78, 5) is 0. The van der Waals surface area contributed by atoms with Gasteiger partial charge in [-0.05, 0) is 48.2 Å². The molecule has 2 aromatic rings. The van der Waals surface area contributed by atoms with Crippen LogP contribution >= 0.6 is 11.6 Å². The number of benzene rings is 2. The van der Waals surface area contributed by atoms with E-state index in [0.29, 0.717) is 10.6 Å². The Labute approximate surface area is 99.7 Å². The molecule has 0 radical (unpaired) electrons. The molecular formula is C14H12ClF. The second-order valence-corrected chi connectivity index (χ2v) is 4.34. The fourth-order valence-corrected chi connectivity index (χ4v) is 1.73. The topological polar surface area (TPSA) is 0 Å². The third-order valence-corrected chi connectivity index (χ3v) is 3.08. The molecule has 0 fully saturated rings. The van der Waals surface area contributed by atoms with Crippen molar-refractivity contribution in [3.8, 4) is 11.1 Å². The molecule has 0 unspecified atom stereocenters. The van der Waals surface area contributed by atoms with Crippen molar-refractivity contribution in [1.82, 2.24) is 0 Å². The van der Waals surface area contributed by atoms with Crippen LogP contribution in [0.1, 0.15) is 11.1 Å². The SMILES string of the molecule is Cc1ccc(-c2ccc(C)c(Cl)c2)cc1F. The van der Waals surface area contributed by atoms with Crippen LogP contribution in [0.4, 0.5) is 4.39 Å². The van der Waals surface area contributed by atoms with Gasteiger partial charge in [0.2, 0.25) is 0 Å². The molecule has 0 aliphatic carbocycles. The fourth-order valence-electron chi connectivity index (χ4n) is 1.54. The Kier molecular flexibility index (Phi) is 2.97. The molecule has 0 nitrogen and oxygen atoms in total. The highest BCUT2D eigenvalue weighted by molar-refractivity contribution is 6.31. The van der Waals surface area contributed by atoms with E-state index in [9.17, 15) is 4.39 Å². The van der Waals surface area contributed by atoms with Crippen molar-refractivity contribution in [2.24, 2.45) is 0 Å². The molecule has 0 amide bonds. The predicted molar refractivity (Wildman–Crippen MR) is 66.3 cm³/mol. The lowest BCUT2D eigenvalue weighted by Gasteiger charge is -2.05. The number of aryl methyl sites for hydroxylation is 2. The first-order valence-electron chi connectivity index (χ1n) is 5.10. The number of rotatable bonds is 1. The molecule has 0 atom stereocenters. The summed E-state index contributed by atoms with van der Waals surface area (Å²) in [6, 6.07) is 11.0. The maximum Gasteiger partial charge on any atom is 0.126 e.